The zero-order valence-electron chi connectivity index (χ0n) is 12.2. The molecule has 108 valence electrons. The number of rotatable bonds is 4. The molecule has 0 radical (unpaired) electrons. The third kappa shape index (κ3) is 4.55. The van der Waals surface area contributed by atoms with Crippen molar-refractivity contribution in [1.29, 1.82) is 0 Å². The molecule has 0 saturated heterocycles. The molecule has 1 atom stereocenters. The Morgan fingerprint density at radius 1 is 1.53 bits per heavy atom. The number of aliphatic hydroxyl groups is 1. The lowest BCUT2D eigenvalue weighted by Gasteiger charge is -2.24. The van der Waals surface area contributed by atoms with Crippen LogP contribution in [0, 0.1) is 0 Å². The van der Waals surface area contributed by atoms with Crippen LogP contribution in [0.25, 0.3) is 0 Å². The van der Waals surface area contributed by atoms with Gasteiger partial charge in [0, 0.05) is 6.04 Å². The highest BCUT2D eigenvalue weighted by Crippen LogP contribution is 2.17. The van der Waals surface area contributed by atoms with Crippen molar-refractivity contribution in [3.05, 3.63) is 18.2 Å². The Hall–Kier alpha value is -1.56. The zero-order valence-corrected chi connectivity index (χ0v) is 12.2. The highest BCUT2D eigenvalue weighted by Gasteiger charge is 2.22. The van der Waals surface area contributed by atoms with Gasteiger partial charge in [-0.1, -0.05) is 0 Å². The molecule has 0 spiro atoms. The molecule has 1 aromatic heterocycles. The van der Waals surface area contributed by atoms with Gasteiger partial charge in [0.2, 0.25) is 0 Å². The van der Waals surface area contributed by atoms with E-state index in [0.717, 1.165) is 5.69 Å². The fourth-order valence-corrected chi connectivity index (χ4v) is 1.68. The van der Waals surface area contributed by atoms with Crippen LogP contribution in [0.4, 0.5) is 4.79 Å². The molecule has 1 heterocycles. The lowest BCUT2D eigenvalue weighted by molar-refractivity contribution is 0.0478. The highest BCUT2D eigenvalue weighted by atomic mass is 16.6. The van der Waals surface area contributed by atoms with Crippen LogP contribution in [0.15, 0.2) is 12.5 Å². The zero-order chi connectivity index (χ0) is 14.6. The molecule has 0 aliphatic rings. The average molecular weight is 269 g/mol. The van der Waals surface area contributed by atoms with Gasteiger partial charge in [0.15, 0.2) is 0 Å². The monoisotopic (exact) mass is 269 g/mol. The van der Waals surface area contributed by atoms with E-state index in [1.54, 1.807) is 33.3 Å². The topological polar surface area (TPSA) is 76.4 Å². The second-order valence-electron chi connectivity index (χ2n) is 5.70. The largest absolute Gasteiger partial charge is 0.444 e. The summed E-state index contributed by atoms with van der Waals surface area (Å²) in [5.41, 5.74) is 0.186. The minimum absolute atomic E-state index is 0.201. The number of nitrogens with one attached hydrogen (secondary N) is 1. The Morgan fingerprint density at radius 3 is 2.63 bits per heavy atom. The first-order valence-corrected chi connectivity index (χ1v) is 6.36. The summed E-state index contributed by atoms with van der Waals surface area (Å²) in [5.74, 6) is 0. The van der Waals surface area contributed by atoms with E-state index in [2.05, 4.69) is 10.3 Å². The van der Waals surface area contributed by atoms with Gasteiger partial charge in [-0.3, -0.25) is 0 Å². The third-order valence-corrected chi connectivity index (χ3v) is 2.48. The number of aromatic nitrogens is 2. The molecule has 0 saturated carbocycles. The Kier molecular flexibility index (Phi) is 4.94. The van der Waals surface area contributed by atoms with E-state index in [1.807, 2.05) is 18.4 Å². The maximum Gasteiger partial charge on any atom is 0.408 e. The normalized spacial score (nSPS) is 13.4. The minimum atomic E-state index is -0.567. The number of amides is 1. The first-order chi connectivity index (χ1) is 8.74. The third-order valence-electron chi connectivity index (χ3n) is 2.48. The summed E-state index contributed by atoms with van der Waals surface area (Å²) in [6.07, 6.45) is 2.76. The Balaban J connectivity index is 2.78. The van der Waals surface area contributed by atoms with Crippen molar-refractivity contribution in [2.45, 2.75) is 52.3 Å². The molecular formula is C13H23N3O3. The number of carbonyl (C=O) groups is 1. The first kappa shape index (κ1) is 15.5. The molecule has 6 heteroatoms. The van der Waals surface area contributed by atoms with Crippen LogP contribution in [0.5, 0.6) is 0 Å². The molecule has 1 unspecified atom stereocenters. The number of alkyl carbamates (subject to hydrolysis) is 1. The Labute approximate surface area is 113 Å². The van der Waals surface area contributed by atoms with Gasteiger partial charge in [-0.15, -0.1) is 0 Å². The first-order valence-electron chi connectivity index (χ1n) is 6.36. The van der Waals surface area contributed by atoms with E-state index in [4.69, 9.17) is 4.74 Å². The van der Waals surface area contributed by atoms with Crippen LogP contribution in [0.2, 0.25) is 0 Å². The van der Waals surface area contributed by atoms with E-state index in [9.17, 15) is 9.90 Å². The summed E-state index contributed by atoms with van der Waals surface area (Å²) in [5, 5.41) is 12.1. The number of hydrogen-bond donors (Lipinski definition) is 2. The van der Waals surface area contributed by atoms with E-state index in [1.165, 1.54) is 0 Å². The maximum atomic E-state index is 11.7. The van der Waals surface area contributed by atoms with Crippen molar-refractivity contribution < 1.29 is 14.6 Å². The number of hydrogen-bond acceptors (Lipinski definition) is 4. The molecule has 0 aliphatic carbocycles. The summed E-state index contributed by atoms with van der Waals surface area (Å²) >= 11 is 0. The molecule has 1 aromatic rings. The van der Waals surface area contributed by atoms with Crippen LogP contribution in [0.1, 0.15) is 52.4 Å². The molecule has 1 rings (SSSR count). The standard InChI is InChI=1S/C13H23N3O3/c1-9(2)16-8-14-6-11(16)10(7-17)15-12(18)19-13(3,4)5/h6,8-10,17H,7H2,1-5H3,(H,15,18). The fourth-order valence-electron chi connectivity index (χ4n) is 1.68. The predicted molar refractivity (Wildman–Crippen MR) is 71.8 cm³/mol. The maximum absolute atomic E-state index is 11.7. The van der Waals surface area contributed by atoms with Gasteiger partial charge < -0.3 is 19.7 Å². The van der Waals surface area contributed by atoms with Gasteiger partial charge in [0.1, 0.15) is 5.60 Å². The molecule has 0 aromatic carbocycles. The van der Waals surface area contributed by atoms with Crippen molar-refractivity contribution in [1.82, 2.24) is 14.9 Å². The molecule has 19 heavy (non-hydrogen) atoms. The van der Waals surface area contributed by atoms with Crippen LogP contribution in [-0.2, 0) is 4.74 Å². The smallest absolute Gasteiger partial charge is 0.408 e. The molecular weight excluding hydrogens is 246 g/mol. The Morgan fingerprint density at radius 2 is 2.16 bits per heavy atom. The van der Waals surface area contributed by atoms with Gasteiger partial charge in [-0.2, -0.15) is 0 Å². The van der Waals surface area contributed by atoms with Crippen molar-refractivity contribution >= 4 is 6.09 Å². The van der Waals surface area contributed by atoms with Gasteiger partial charge in [-0.05, 0) is 34.6 Å². The van der Waals surface area contributed by atoms with Crippen LogP contribution in [0.3, 0.4) is 0 Å². The second kappa shape index (κ2) is 6.06. The van der Waals surface area contributed by atoms with Gasteiger partial charge in [-0.25, -0.2) is 9.78 Å². The molecule has 6 nitrogen and oxygen atoms in total. The van der Waals surface area contributed by atoms with Crippen molar-refractivity contribution in [2.75, 3.05) is 6.61 Å². The molecule has 0 fully saturated rings. The van der Waals surface area contributed by atoms with Gasteiger partial charge in [0.05, 0.1) is 30.9 Å². The minimum Gasteiger partial charge on any atom is -0.444 e. The summed E-state index contributed by atoms with van der Waals surface area (Å²) < 4.78 is 7.08. The fraction of sp³-hybridized carbons (Fsp3) is 0.692. The van der Waals surface area contributed by atoms with E-state index in [-0.39, 0.29) is 12.6 Å². The van der Waals surface area contributed by atoms with Crippen molar-refractivity contribution in [3.8, 4) is 0 Å². The van der Waals surface area contributed by atoms with Gasteiger partial charge in [0.25, 0.3) is 0 Å². The van der Waals surface area contributed by atoms with E-state index in [0.29, 0.717) is 0 Å². The predicted octanol–water partition coefficient (Wildman–Crippen LogP) is 2.02. The van der Waals surface area contributed by atoms with E-state index < -0.39 is 17.7 Å². The van der Waals surface area contributed by atoms with E-state index >= 15 is 0 Å². The molecule has 2 N–H and O–H groups in total. The summed E-state index contributed by atoms with van der Waals surface area (Å²) in [6.45, 7) is 9.18. The number of aliphatic hydroxyl groups excluding tert-OH is 1. The van der Waals surface area contributed by atoms with Crippen molar-refractivity contribution in [2.24, 2.45) is 0 Å². The van der Waals surface area contributed by atoms with Crippen LogP contribution >= 0.6 is 0 Å². The van der Waals surface area contributed by atoms with Crippen LogP contribution in [-0.4, -0.2) is 33.0 Å². The number of imidazole rings is 1. The summed E-state index contributed by atoms with van der Waals surface area (Å²) in [4.78, 5) is 15.8. The lowest BCUT2D eigenvalue weighted by Crippen LogP contribution is -2.37. The summed E-state index contributed by atoms with van der Waals surface area (Å²) in [7, 11) is 0. The summed E-state index contributed by atoms with van der Waals surface area (Å²) in [6, 6.07) is -0.327. The quantitative estimate of drug-likeness (QED) is 0.876. The number of nitrogens with zero attached hydrogens (tertiary/aromatic N) is 2. The van der Waals surface area contributed by atoms with Gasteiger partial charge >= 0.3 is 6.09 Å². The Bertz CT molecular complexity index is 421. The molecule has 0 bridgehead atoms. The molecule has 0 aliphatic heterocycles. The SMILES string of the molecule is CC(C)n1cncc1C(CO)NC(=O)OC(C)(C)C. The number of carbonyl (C=O) groups excluding carboxylic acids is 1. The van der Waals surface area contributed by atoms with Crippen molar-refractivity contribution in [3.63, 3.8) is 0 Å². The molecule has 1 amide bonds. The average Bonchev–Trinajstić information content (AvgIpc) is 2.72. The number of ether oxygens (including phenoxy) is 1. The highest BCUT2D eigenvalue weighted by molar-refractivity contribution is 5.68. The lowest BCUT2D eigenvalue weighted by atomic mass is 10.2. The second-order valence-corrected chi connectivity index (χ2v) is 5.70. The van der Waals surface area contributed by atoms with Crippen LogP contribution < -0.4 is 5.32 Å².